The average Bonchev–Trinajstić information content (AvgIpc) is 3.44. The highest BCUT2D eigenvalue weighted by Gasteiger charge is 2.18. The summed E-state index contributed by atoms with van der Waals surface area (Å²) in [7, 11) is 0. The number of hydrogen-bond donors (Lipinski definition) is 3. The van der Waals surface area contributed by atoms with E-state index in [4.69, 9.17) is 4.74 Å². The molecule has 0 saturated heterocycles. The maximum atomic E-state index is 12.5. The van der Waals surface area contributed by atoms with Gasteiger partial charge in [0.2, 0.25) is 5.91 Å². The monoisotopic (exact) mass is 1090 g/mol. The number of ether oxygens (including phenoxy) is 1. The van der Waals surface area contributed by atoms with Crippen LogP contribution in [0.5, 0.6) is 0 Å². The van der Waals surface area contributed by atoms with Crippen LogP contribution < -0.4 is 5.32 Å². The smallest absolute Gasteiger partial charge is 0.305 e. The molecule has 0 spiro atoms. The molecule has 0 fully saturated rings. The zero-order valence-corrected chi connectivity index (χ0v) is 52.1. The van der Waals surface area contributed by atoms with Crippen LogP contribution in [-0.4, -0.2) is 47.4 Å². The molecule has 0 saturated carbocycles. The number of rotatable bonds is 64. The molecule has 0 aromatic rings. The Morgan fingerprint density at radius 3 is 1.00 bits per heavy atom. The van der Waals surface area contributed by atoms with E-state index in [-0.39, 0.29) is 18.5 Å². The zero-order chi connectivity index (χ0) is 56.4. The first-order valence-electron chi connectivity index (χ1n) is 34.6. The van der Waals surface area contributed by atoms with Gasteiger partial charge in [-0.3, -0.25) is 9.59 Å². The molecule has 2 unspecified atom stereocenters. The van der Waals surface area contributed by atoms with Crippen molar-refractivity contribution in [3.63, 3.8) is 0 Å². The second kappa shape index (κ2) is 67.1. The van der Waals surface area contributed by atoms with Crippen LogP contribution in [0.3, 0.4) is 0 Å². The van der Waals surface area contributed by atoms with Crippen molar-refractivity contribution in [1.82, 2.24) is 5.32 Å². The molecule has 2 atom stereocenters. The van der Waals surface area contributed by atoms with Gasteiger partial charge in [0, 0.05) is 12.8 Å². The Hall–Kier alpha value is -2.44. The Morgan fingerprint density at radius 1 is 0.359 bits per heavy atom. The summed E-state index contributed by atoms with van der Waals surface area (Å²) in [6.07, 6.45) is 88.6. The van der Waals surface area contributed by atoms with Crippen LogP contribution >= 0.6 is 0 Å². The summed E-state index contributed by atoms with van der Waals surface area (Å²) < 4.78 is 5.49. The third-order valence-corrected chi connectivity index (χ3v) is 15.8. The van der Waals surface area contributed by atoms with Crippen LogP contribution in [0.2, 0.25) is 0 Å². The van der Waals surface area contributed by atoms with E-state index in [1.807, 2.05) is 6.08 Å². The van der Waals surface area contributed by atoms with E-state index < -0.39 is 12.1 Å². The Bertz CT molecular complexity index is 1350. The lowest BCUT2D eigenvalue weighted by Gasteiger charge is -2.20. The number of amides is 1. The summed E-state index contributed by atoms with van der Waals surface area (Å²) in [6, 6.07) is -0.632. The Balaban J connectivity index is 3.44. The molecule has 6 nitrogen and oxygen atoms in total. The predicted octanol–water partition coefficient (Wildman–Crippen LogP) is 22.3. The van der Waals surface area contributed by atoms with Gasteiger partial charge in [-0.2, -0.15) is 0 Å². The van der Waals surface area contributed by atoms with Gasteiger partial charge in [0.05, 0.1) is 25.4 Å². The molecule has 0 aromatic carbocycles. The minimum atomic E-state index is -0.848. The van der Waals surface area contributed by atoms with Crippen LogP contribution in [0.25, 0.3) is 0 Å². The van der Waals surface area contributed by atoms with Crippen LogP contribution in [0, 0.1) is 0 Å². The zero-order valence-electron chi connectivity index (χ0n) is 52.1. The fourth-order valence-corrected chi connectivity index (χ4v) is 10.5. The quantitative estimate of drug-likeness (QED) is 0.0320. The third-order valence-electron chi connectivity index (χ3n) is 15.8. The number of hydrogen-bond acceptors (Lipinski definition) is 5. The molecule has 6 heteroatoms. The Kier molecular flexibility index (Phi) is 65.0. The molecule has 0 rings (SSSR count). The maximum absolute atomic E-state index is 12.5. The summed E-state index contributed by atoms with van der Waals surface area (Å²) in [5.74, 6) is -0.0674. The van der Waals surface area contributed by atoms with Gasteiger partial charge >= 0.3 is 5.97 Å². The lowest BCUT2D eigenvalue weighted by Crippen LogP contribution is -2.45. The van der Waals surface area contributed by atoms with Crippen molar-refractivity contribution in [1.29, 1.82) is 0 Å². The second-order valence-electron chi connectivity index (χ2n) is 23.5. The first-order valence-corrected chi connectivity index (χ1v) is 34.6. The number of carbonyl (C=O) groups excluding carboxylic acids is 2. The SMILES string of the molecule is CCCCC/C=C\C/C=C\CCCCCCCCCC(=O)OCCCCCCCCCCC/C=C\C/C=C\CCCCCCCCCCCCCC(=O)NC(CO)C(O)/C=C/CCCCCCCCCCCCCCCCC. The maximum Gasteiger partial charge on any atom is 0.305 e. The van der Waals surface area contributed by atoms with E-state index in [1.54, 1.807) is 6.08 Å². The van der Waals surface area contributed by atoms with Crippen LogP contribution in [-0.2, 0) is 14.3 Å². The van der Waals surface area contributed by atoms with Crippen molar-refractivity contribution in [3.05, 3.63) is 60.8 Å². The van der Waals surface area contributed by atoms with Gasteiger partial charge < -0.3 is 20.3 Å². The molecule has 0 bridgehead atoms. The first kappa shape index (κ1) is 75.6. The first-order chi connectivity index (χ1) is 38.5. The number of aliphatic hydroxyl groups excluding tert-OH is 2. The summed E-state index contributed by atoms with van der Waals surface area (Å²) in [4.78, 5) is 24.6. The van der Waals surface area contributed by atoms with E-state index in [9.17, 15) is 19.8 Å². The lowest BCUT2D eigenvalue weighted by atomic mass is 10.0. The van der Waals surface area contributed by atoms with Gasteiger partial charge in [0.25, 0.3) is 0 Å². The molecular weight excluding hydrogens is 959 g/mol. The highest BCUT2D eigenvalue weighted by atomic mass is 16.5. The predicted molar refractivity (Wildman–Crippen MR) is 342 cm³/mol. The highest BCUT2D eigenvalue weighted by molar-refractivity contribution is 5.76. The van der Waals surface area contributed by atoms with Crippen molar-refractivity contribution in [2.75, 3.05) is 13.2 Å². The van der Waals surface area contributed by atoms with Crippen molar-refractivity contribution in [3.8, 4) is 0 Å². The van der Waals surface area contributed by atoms with Gasteiger partial charge in [-0.1, -0.05) is 312 Å². The molecule has 0 aliphatic rings. The second-order valence-corrected chi connectivity index (χ2v) is 23.5. The molecule has 0 aliphatic carbocycles. The van der Waals surface area contributed by atoms with Crippen LogP contribution in [0.4, 0.5) is 0 Å². The number of aliphatic hydroxyl groups is 2. The van der Waals surface area contributed by atoms with E-state index in [1.165, 1.54) is 276 Å². The fraction of sp³-hybridized carbons (Fsp3) is 0.833. The van der Waals surface area contributed by atoms with Crippen LogP contribution in [0.15, 0.2) is 60.8 Å². The molecule has 456 valence electrons. The molecule has 3 N–H and O–H groups in total. The number of allylic oxidation sites excluding steroid dienone is 9. The molecular formula is C72H133NO5. The van der Waals surface area contributed by atoms with Crippen LogP contribution in [0.1, 0.15) is 361 Å². The summed E-state index contributed by atoms with van der Waals surface area (Å²) in [5, 5.41) is 23.2. The molecule has 0 heterocycles. The van der Waals surface area contributed by atoms with Gasteiger partial charge in [-0.05, 0) is 96.3 Å². The fourth-order valence-electron chi connectivity index (χ4n) is 10.5. The third kappa shape index (κ3) is 62.8. The minimum absolute atomic E-state index is 0.00228. The minimum Gasteiger partial charge on any atom is -0.466 e. The van der Waals surface area contributed by atoms with E-state index in [0.717, 1.165) is 57.8 Å². The van der Waals surface area contributed by atoms with Gasteiger partial charge in [-0.15, -0.1) is 0 Å². The van der Waals surface area contributed by atoms with E-state index >= 15 is 0 Å². The molecule has 0 radical (unpaired) electrons. The van der Waals surface area contributed by atoms with Crippen molar-refractivity contribution in [2.24, 2.45) is 0 Å². The summed E-state index contributed by atoms with van der Waals surface area (Å²) >= 11 is 0. The van der Waals surface area contributed by atoms with E-state index in [0.29, 0.717) is 19.4 Å². The topological polar surface area (TPSA) is 95.9 Å². The molecule has 0 aliphatic heterocycles. The molecule has 0 aromatic heterocycles. The Labute approximate surface area is 486 Å². The van der Waals surface area contributed by atoms with Gasteiger partial charge in [-0.25, -0.2) is 0 Å². The lowest BCUT2D eigenvalue weighted by molar-refractivity contribution is -0.143. The van der Waals surface area contributed by atoms with Crippen molar-refractivity contribution < 1.29 is 24.5 Å². The normalized spacial score (nSPS) is 12.9. The highest BCUT2D eigenvalue weighted by Crippen LogP contribution is 2.17. The largest absolute Gasteiger partial charge is 0.466 e. The number of nitrogens with one attached hydrogen (secondary N) is 1. The van der Waals surface area contributed by atoms with Gasteiger partial charge in [0.15, 0.2) is 0 Å². The Morgan fingerprint density at radius 2 is 0.641 bits per heavy atom. The van der Waals surface area contributed by atoms with E-state index in [2.05, 4.69) is 67.8 Å². The molecule has 78 heavy (non-hydrogen) atoms. The number of carbonyl (C=O) groups is 2. The summed E-state index contributed by atoms with van der Waals surface area (Å²) in [5.41, 5.74) is 0. The average molecular weight is 1090 g/mol. The molecule has 1 amide bonds. The summed E-state index contributed by atoms with van der Waals surface area (Å²) in [6.45, 7) is 4.89. The van der Waals surface area contributed by atoms with Crippen molar-refractivity contribution in [2.45, 2.75) is 373 Å². The standard InChI is InChI=1S/C72H133NO5/c1-3-5-7-9-11-13-15-17-19-32-36-40-44-48-52-56-60-64-70(75)69(68-74)73-71(76)65-61-57-53-49-45-41-37-34-30-28-26-24-22-21-23-25-27-29-31-35-39-43-47-51-55-59-63-67-78-72(77)66-62-58-54-50-46-42-38-33-20-18-16-14-12-10-8-6-4-2/h12,14,18,20-22,25,27,60,64,69-70,74-75H,3-11,13,15-17,19,23-24,26,28-59,61-63,65-68H2,1-2H3,(H,73,76)/b14-12-,20-18-,22-21-,27-25-,64-60+. The van der Waals surface area contributed by atoms with Gasteiger partial charge in [0.1, 0.15) is 0 Å². The number of esters is 1. The number of unbranched alkanes of at least 4 members (excludes halogenated alkanes) is 45. The van der Waals surface area contributed by atoms with Crippen molar-refractivity contribution >= 4 is 11.9 Å².